The van der Waals surface area contributed by atoms with Gasteiger partial charge in [-0.2, -0.15) is 0 Å². The standard InChI is InChI=1S/C14H12FNO3/c1-9-3-2-6-16(13(9)17)8-11-7-10(14(18)19)4-5-12(11)15/h2-7H,8H2,1H3,(H,18,19). The second-order valence-electron chi connectivity index (χ2n) is 4.24. The Hall–Kier alpha value is -2.43. The van der Waals surface area contributed by atoms with E-state index in [1.807, 2.05) is 0 Å². The van der Waals surface area contributed by atoms with Crippen LogP contribution in [0.2, 0.25) is 0 Å². The zero-order valence-electron chi connectivity index (χ0n) is 10.3. The molecule has 0 aliphatic carbocycles. The maximum absolute atomic E-state index is 13.6. The fourth-order valence-corrected chi connectivity index (χ4v) is 1.79. The van der Waals surface area contributed by atoms with Crippen LogP contribution >= 0.6 is 0 Å². The summed E-state index contributed by atoms with van der Waals surface area (Å²) < 4.78 is 15.0. The van der Waals surface area contributed by atoms with Crippen LogP contribution in [0, 0.1) is 12.7 Å². The zero-order chi connectivity index (χ0) is 14.0. The first-order valence-electron chi connectivity index (χ1n) is 5.67. The fraction of sp³-hybridized carbons (Fsp3) is 0.143. The summed E-state index contributed by atoms with van der Waals surface area (Å²) in [5.41, 5.74) is 0.504. The van der Waals surface area contributed by atoms with Crippen LogP contribution in [0.1, 0.15) is 21.5 Å². The molecule has 0 bridgehead atoms. The van der Waals surface area contributed by atoms with Gasteiger partial charge in [-0.1, -0.05) is 6.07 Å². The molecule has 4 nitrogen and oxygen atoms in total. The molecule has 0 aliphatic heterocycles. The molecule has 0 fully saturated rings. The number of pyridine rings is 1. The van der Waals surface area contributed by atoms with E-state index >= 15 is 0 Å². The number of hydrogen-bond donors (Lipinski definition) is 1. The van der Waals surface area contributed by atoms with Crippen molar-refractivity contribution in [3.05, 3.63) is 69.4 Å². The predicted octanol–water partition coefficient (Wildman–Crippen LogP) is 2.04. The highest BCUT2D eigenvalue weighted by Crippen LogP contribution is 2.12. The second-order valence-corrected chi connectivity index (χ2v) is 4.24. The van der Waals surface area contributed by atoms with Gasteiger partial charge in [0.2, 0.25) is 0 Å². The molecule has 1 heterocycles. The third kappa shape index (κ3) is 2.70. The van der Waals surface area contributed by atoms with Crippen molar-refractivity contribution in [1.82, 2.24) is 4.57 Å². The van der Waals surface area contributed by atoms with Crippen LogP contribution < -0.4 is 5.56 Å². The highest BCUT2D eigenvalue weighted by atomic mass is 19.1. The molecule has 0 saturated carbocycles. The zero-order valence-corrected chi connectivity index (χ0v) is 10.3. The lowest BCUT2D eigenvalue weighted by atomic mass is 10.1. The molecule has 0 amide bonds. The van der Waals surface area contributed by atoms with Crippen LogP contribution in [0.4, 0.5) is 4.39 Å². The van der Waals surface area contributed by atoms with Crippen LogP contribution in [0.25, 0.3) is 0 Å². The van der Waals surface area contributed by atoms with Gasteiger partial charge in [-0.3, -0.25) is 4.79 Å². The average molecular weight is 261 g/mol. The van der Waals surface area contributed by atoms with Gasteiger partial charge < -0.3 is 9.67 Å². The predicted molar refractivity (Wildman–Crippen MR) is 67.9 cm³/mol. The van der Waals surface area contributed by atoms with Crippen LogP contribution in [-0.2, 0) is 6.54 Å². The maximum Gasteiger partial charge on any atom is 0.335 e. The van der Waals surface area contributed by atoms with Crippen molar-refractivity contribution in [3.63, 3.8) is 0 Å². The van der Waals surface area contributed by atoms with Gasteiger partial charge in [0, 0.05) is 17.3 Å². The minimum absolute atomic E-state index is 0.00268. The van der Waals surface area contributed by atoms with E-state index < -0.39 is 11.8 Å². The van der Waals surface area contributed by atoms with Gasteiger partial charge >= 0.3 is 5.97 Å². The maximum atomic E-state index is 13.6. The van der Waals surface area contributed by atoms with Crippen molar-refractivity contribution in [3.8, 4) is 0 Å². The number of aromatic carboxylic acids is 1. The lowest BCUT2D eigenvalue weighted by molar-refractivity contribution is 0.0696. The Bertz CT molecular complexity index is 691. The third-order valence-electron chi connectivity index (χ3n) is 2.84. The number of carboxylic acid groups (broad SMARTS) is 1. The molecule has 0 saturated heterocycles. The van der Waals surface area contributed by atoms with Crippen molar-refractivity contribution in [1.29, 1.82) is 0 Å². The van der Waals surface area contributed by atoms with E-state index in [0.29, 0.717) is 5.56 Å². The number of rotatable bonds is 3. The van der Waals surface area contributed by atoms with E-state index in [-0.39, 0.29) is 23.2 Å². The van der Waals surface area contributed by atoms with Crippen molar-refractivity contribution >= 4 is 5.97 Å². The lowest BCUT2D eigenvalue weighted by Crippen LogP contribution is -2.22. The Morgan fingerprint density at radius 1 is 1.37 bits per heavy atom. The Morgan fingerprint density at radius 2 is 2.11 bits per heavy atom. The van der Waals surface area contributed by atoms with Gasteiger partial charge in [-0.05, 0) is 31.2 Å². The van der Waals surface area contributed by atoms with Gasteiger partial charge in [0.15, 0.2) is 0 Å². The minimum Gasteiger partial charge on any atom is -0.478 e. The summed E-state index contributed by atoms with van der Waals surface area (Å²) in [6.07, 6.45) is 1.54. The number of aromatic nitrogens is 1. The highest BCUT2D eigenvalue weighted by molar-refractivity contribution is 5.87. The number of halogens is 1. The monoisotopic (exact) mass is 261 g/mol. The summed E-state index contributed by atoms with van der Waals surface area (Å²) >= 11 is 0. The number of aryl methyl sites for hydroxylation is 1. The van der Waals surface area contributed by atoms with Crippen LogP contribution in [0.3, 0.4) is 0 Å². The number of carboxylic acids is 1. The van der Waals surface area contributed by atoms with E-state index in [0.717, 1.165) is 6.07 Å². The third-order valence-corrected chi connectivity index (χ3v) is 2.84. The summed E-state index contributed by atoms with van der Waals surface area (Å²) in [6, 6.07) is 6.89. The van der Waals surface area contributed by atoms with E-state index in [9.17, 15) is 14.0 Å². The smallest absolute Gasteiger partial charge is 0.335 e. The quantitative estimate of drug-likeness (QED) is 0.919. The summed E-state index contributed by atoms with van der Waals surface area (Å²) in [7, 11) is 0. The molecule has 98 valence electrons. The van der Waals surface area contributed by atoms with Gasteiger partial charge in [0.05, 0.1) is 12.1 Å². The highest BCUT2D eigenvalue weighted by Gasteiger charge is 2.09. The van der Waals surface area contributed by atoms with Crippen molar-refractivity contribution < 1.29 is 14.3 Å². The Labute approximate surface area is 108 Å². The SMILES string of the molecule is Cc1cccn(Cc2cc(C(=O)O)ccc2F)c1=O. The molecule has 2 rings (SSSR count). The molecule has 0 radical (unpaired) electrons. The molecule has 0 spiro atoms. The molecule has 0 atom stereocenters. The number of nitrogens with zero attached hydrogens (tertiary/aromatic N) is 1. The van der Waals surface area contributed by atoms with Crippen LogP contribution in [0.5, 0.6) is 0 Å². The van der Waals surface area contributed by atoms with Gasteiger partial charge in [-0.25, -0.2) is 9.18 Å². The van der Waals surface area contributed by atoms with Gasteiger partial charge in [0.1, 0.15) is 5.82 Å². The first kappa shape index (κ1) is 13.0. The molecule has 0 aliphatic rings. The van der Waals surface area contributed by atoms with Crippen molar-refractivity contribution in [2.75, 3.05) is 0 Å². The molecule has 1 aromatic carbocycles. The molecule has 19 heavy (non-hydrogen) atoms. The van der Waals surface area contributed by atoms with E-state index in [1.165, 1.54) is 16.7 Å². The minimum atomic E-state index is -1.13. The lowest BCUT2D eigenvalue weighted by Gasteiger charge is -2.08. The summed E-state index contributed by atoms with van der Waals surface area (Å²) in [5, 5.41) is 8.87. The largest absolute Gasteiger partial charge is 0.478 e. The van der Waals surface area contributed by atoms with E-state index in [1.54, 1.807) is 25.3 Å². The average Bonchev–Trinajstić information content (AvgIpc) is 2.37. The molecule has 1 aromatic heterocycles. The van der Waals surface area contributed by atoms with E-state index in [2.05, 4.69) is 0 Å². The first-order valence-corrected chi connectivity index (χ1v) is 5.67. The Morgan fingerprint density at radius 3 is 2.79 bits per heavy atom. The molecule has 1 N–H and O–H groups in total. The molecular formula is C14H12FNO3. The number of hydrogen-bond acceptors (Lipinski definition) is 2. The van der Waals surface area contributed by atoms with Gasteiger partial charge in [-0.15, -0.1) is 0 Å². The molecule has 0 unspecified atom stereocenters. The summed E-state index contributed by atoms with van der Waals surface area (Å²) in [6.45, 7) is 1.68. The Balaban J connectivity index is 2.43. The van der Waals surface area contributed by atoms with E-state index in [4.69, 9.17) is 5.11 Å². The van der Waals surface area contributed by atoms with Crippen molar-refractivity contribution in [2.45, 2.75) is 13.5 Å². The second kappa shape index (κ2) is 5.06. The van der Waals surface area contributed by atoms with Crippen LogP contribution in [-0.4, -0.2) is 15.6 Å². The number of carbonyl (C=O) groups is 1. The Kier molecular flexibility index (Phi) is 3.46. The molecule has 2 aromatic rings. The fourth-order valence-electron chi connectivity index (χ4n) is 1.79. The van der Waals surface area contributed by atoms with Crippen LogP contribution in [0.15, 0.2) is 41.3 Å². The summed E-state index contributed by atoms with van der Waals surface area (Å²) in [4.78, 5) is 22.7. The first-order chi connectivity index (χ1) is 8.99. The van der Waals surface area contributed by atoms with Gasteiger partial charge in [0.25, 0.3) is 5.56 Å². The normalized spacial score (nSPS) is 10.4. The molecule has 5 heteroatoms. The molecular weight excluding hydrogens is 249 g/mol. The van der Waals surface area contributed by atoms with Crippen molar-refractivity contribution in [2.24, 2.45) is 0 Å². The topological polar surface area (TPSA) is 59.3 Å². The number of benzene rings is 1. The summed E-state index contributed by atoms with van der Waals surface area (Å²) in [5.74, 6) is -1.66.